The summed E-state index contributed by atoms with van der Waals surface area (Å²) >= 11 is 2.42. The lowest BCUT2D eigenvalue weighted by molar-refractivity contribution is -0.00486. The van der Waals surface area contributed by atoms with Crippen molar-refractivity contribution in [2.24, 2.45) is 0 Å². The van der Waals surface area contributed by atoms with Crippen LogP contribution in [0.4, 0.5) is 0 Å². The fourth-order valence-corrected chi connectivity index (χ4v) is 2.81. The normalized spacial score (nSPS) is 10.9. The summed E-state index contributed by atoms with van der Waals surface area (Å²) in [4.78, 5) is 10.6. The van der Waals surface area contributed by atoms with Gasteiger partial charge in [-0.3, -0.25) is 4.79 Å². The zero-order valence-corrected chi connectivity index (χ0v) is 18.8. The summed E-state index contributed by atoms with van der Waals surface area (Å²) in [7, 11) is 0. The van der Waals surface area contributed by atoms with E-state index in [0.717, 1.165) is 25.1 Å². The van der Waals surface area contributed by atoms with Crippen molar-refractivity contribution in [1.82, 2.24) is 0 Å². The van der Waals surface area contributed by atoms with Crippen LogP contribution in [-0.4, -0.2) is 70.2 Å². The zero-order chi connectivity index (χ0) is 20.1. The molecule has 0 aliphatic rings. The molecule has 0 fully saturated rings. The number of hydrogen-bond donors (Lipinski definition) is 0. The van der Waals surface area contributed by atoms with Gasteiger partial charge in [0.25, 0.3) is 0 Å². The number of ether oxygens (including phenoxy) is 5. The van der Waals surface area contributed by atoms with Crippen molar-refractivity contribution >= 4 is 28.9 Å². The second kappa shape index (κ2) is 19.6. The molecule has 0 amide bonds. The van der Waals surface area contributed by atoms with E-state index in [1.54, 1.807) is 24.3 Å². The highest BCUT2D eigenvalue weighted by molar-refractivity contribution is 14.1. The molecule has 1 rings (SSSR count). The first-order valence-corrected chi connectivity index (χ1v) is 11.4. The summed E-state index contributed by atoms with van der Waals surface area (Å²) < 4.78 is 28.6. The predicted molar refractivity (Wildman–Crippen MR) is 118 cm³/mol. The molecular weight excluding hydrogens is 475 g/mol. The third kappa shape index (κ3) is 15.2. The SMILES string of the molecule is O=Cc1ccc(OCCOCCOCCOCCOCCCCCCI)cc1. The van der Waals surface area contributed by atoms with Gasteiger partial charge in [-0.25, -0.2) is 0 Å². The number of benzene rings is 1. The van der Waals surface area contributed by atoms with Crippen molar-refractivity contribution in [3.05, 3.63) is 29.8 Å². The average molecular weight is 508 g/mol. The summed E-state index contributed by atoms with van der Waals surface area (Å²) in [6, 6.07) is 6.98. The quantitative estimate of drug-likeness (QED) is 0.115. The fourth-order valence-electron chi connectivity index (χ4n) is 2.28. The molecule has 28 heavy (non-hydrogen) atoms. The molecule has 1 aromatic carbocycles. The topological polar surface area (TPSA) is 63.2 Å². The first kappa shape index (κ1) is 25.3. The van der Waals surface area contributed by atoms with Gasteiger partial charge in [0.2, 0.25) is 0 Å². The van der Waals surface area contributed by atoms with Crippen LogP contribution in [0.1, 0.15) is 36.0 Å². The van der Waals surface area contributed by atoms with Crippen LogP contribution < -0.4 is 4.74 Å². The van der Waals surface area contributed by atoms with Crippen LogP contribution in [0.2, 0.25) is 0 Å². The Bertz CT molecular complexity index is 468. The van der Waals surface area contributed by atoms with Crippen LogP contribution in [-0.2, 0) is 18.9 Å². The van der Waals surface area contributed by atoms with E-state index in [-0.39, 0.29) is 0 Å². The van der Waals surface area contributed by atoms with Crippen LogP contribution in [0.5, 0.6) is 5.75 Å². The van der Waals surface area contributed by atoms with Crippen LogP contribution in [0.15, 0.2) is 24.3 Å². The van der Waals surface area contributed by atoms with Crippen LogP contribution in [0.3, 0.4) is 0 Å². The lowest BCUT2D eigenvalue weighted by atomic mass is 10.2. The molecule has 0 saturated heterocycles. The number of hydrogen-bond acceptors (Lipinski definition) is 6. The Balaban J connectivity index is 1.74. The second-order valence-electron chi connectivity index (χ2n) is 6.09. The standard InChI is InChI=1S/C21H33IO6/c22-9-3-1-2-4-10-24-11-12-25-13-14-26-15-16-27-17-18-28-21-7-5-20(19-23)6-8-21/h5-8,19H,1-4,9-18H2. The molecule has 0 spiro atoms. The summed E-state index contributed by atoms with van der Waals surface area (Å²) in [5.41, 5.74) is 0.634. The molecule has 160 valence electrons. The highest BCUT2D eigenvalue weighted by atomic mass is 127. The number of aldehydes is 1. The molecule has 7 heteroatoms. The van der Waals surface area contributed by atoms with Crippen molar-refractivity contribution < 1.29 is 28.5 Å². The van der Waals surface area contributed by atoms with E-state index in [1.165, 1.54) is 23.7 Å². The maximum Gasteiger partial charge on any atom is 0.150 e. The molecule has 0 atom stereocenters. The minimum Gasteiger partial charge on any atom is -0.491 e. The van der Waals surface area contributed by atoms with Crippen LogP contribution in [0, 0.1) is 0 Å². The van der Waals surface area contributed by atoms with Gasteiger partial charge in [0, 0.05) is 12.2 Å². The van der Waals surface area contributed by atoms with E-state index < -0.39 is 0 Å². The Morgan fingerprint density at radius 1 is 0.643 bits per heavy atom. The molecule has 0 aliphatic heterocycles. The highest BCUT2D eigenvalue weighted by Crippen LogP contribution is 2.10. The van der Waals surface area contributed by atoms with Gasteiger partial charge < -0.3 is 23.7 Å². The summed E-state index contributed by atoms with van der Waals surface area (Å²) in [6.45, 7) is 5.21. The Morgan fingerprint density at radius 3 is 1.68 bits per heavy atom. The zero-order valence-electron chi connectivity index (χ0n) is 16.6. The van der Waals surface area contributed by atoms with E-state index >= 15 is 0 Å². The lowest BCUT2D eigenvalue weighted by Gasteiger charge is -2.08. The molecule has 0 bridgehead atoms. The predicted octanol–water partition coefficient (Wildman–Crippen LogP) is 3.94. The van der Waals surface area contributed by atoms with Crippen molar-refractivity contribution in [1.29, 1.82) is 0 Å². The van der Waals surface area contributed by atoms with Gasteiger partial charge in [-0.1, -0.05) is 35.4 Å². The van der Waals surface area contributed by atoms with E-state index in [0.29, 0.717) is 58.4 Å². The average Bonchev–Trinajstić information content (AvgIpc) is 2.73. The maximum absolute atomic E-state index is 10.6. The first-order chi connectivity index (χ1) is 13.9. The van der Waals surface area contributed by atoms with Gasteiger partial charge in [0.15, 0.2) is 0 Å². The van der Waals surface area contributed by atoms with Gasteiger partial charge in [-0.2, -0.15) is 0 Å². The molecule has 1 aromatic rings. The molecule has 0 radical (unpaired) electrons. The number of carbonyl (C=O) groups is 1. The van der Waals surface area contributed by atoms with Gasteiger partial charge >= 0.3 is 0 Å². The molecule has 0 saturated carbocycles. The molecule has 0 aromatic heterocycles. The van der Waals surface area contributed by atoms with Gasteiger partial charge in [-0.15, -0.1) is 0 Å². The monoisotopic (exact) mass is 508 g/mol. The minimum atomic E-state index is 0.460. The van der Waals surface area contributed by atoms with Crippen molar-refractivity contribution in [3.8, 4) is 5.75 Å². The van der Waals surface area contributed by atoms with Crippen molar-refractivity contribution in [3.63, 3.8) is 0 Å². The lowest BCUT2D eigenvalue weighted by Crippen LogP contribution is -2.13. The van der Waals surface area contributed by atoms with Crippen LogP contribution in [0.25, 0.3) is 0 Å². The number of carbonyl (C=O) groups excluding carboxylic acids is 1. The first-order valence-electron chi connectivity index (χ1n) is 9.92. The second-order valence-corrected chi connectivity index (χ2v) is 7.17. The number of alkyl halides is 1. The maximum atomic E-state index is 10.6. The largest absolute Gasteiger partial charge is 0.491 e. The highest BCUT2D eigenvalue weighted by Gasteiger charge is 1.96. The minimum absolute atomic E-state index is 0.460. The Kier molecular flexibility index (Phi) is 17.7. The Morgan fingerprint density at radius 2 is 1.14 bits per heavy atom. The molecule has 0 N–H and O–H groups in total. The van der Waals surface area contributed by atoms with E-state index in [2.05, 4.69) is 22.6 Å². The van der Waals surface area contributed by atoms with E-state index in [9.17, 15) is 4.79 Å². The molecule has 0 heterocycles. The molecule has 6 nitrogen and oxygen atoms in total. The van der Waals surface area contributed by atoms with Crippen LogP contribution >= 0.6 is 22.6 Å². The van der Waals surface area contributed by atoms with Crippen molar-refractivity contribution in [2.45, 2.75) is 25.7 Å². The van der Waals surface area contributed by atoms with Gasteiger partial charge in [0.05, 0.1) is 46.2 Å². The number of rotatable bonds is 20. The summed E-state index contributed by atoms with van der Waals surface area (Å²) in [6.07, 6.45) is 5.80. The van der Waals surface area contributed by atoms with Gasteiger partial charge in [-0.05, 0) is 41.5 Å². The van der Waals surface area contributed by atoms with E-state index in [4.69, 9.17) is 23.7 Å². The smallest absolute Gasteiger partial charge is 0.150 e. The van der Waals surface area contributed by atoms with Crippen molar-refractivity contribution in [2.75, 3.05) is 63.9 Å². The van der Waals surface area contributed by atoms with Gasteiger partial charge in [0.1, 0.15) is 18.6 Å². The molecule has 0 aliphatic carbocycles. The third-order valence-electron chi connectivity index (χ3n) is 3.80. The molecular formula is C21H33IO6. The Hall–Kier alpha value is -0.740. The van der Waals surface area contributed by atoms with E-state index in [1.807, 2.05) is 0 Å². The fraction of sp³-hybridized carbons (Fsp3) is 0.667. The summed E-state index contributed by atoms with van der Waals surface area (Å²) in [5.74, 6) is 0.725. The molecule has 0 unspecified atom stereocenters. The Labute approximate surface area is 182 Å². The number of unbranched alkanes of at least 4 members (excludes halogenated alkanes) is 3. The number of halogens is 1. The third-order valence-corrected chi connectivity index (χ3v) is 4.56. The summed E-state index contributed by atoms with van der Waals surface area (Å²) in [5, 5.41) is 0.